The van der Waals surface area contributed by atoms with Crippen LogP contribution in [0, 0.1) is 5.92 Å². The highest BCUT2D eigenvalue weighted by atomic mass is 16.5. The second-order valence-electron chi connectivity index (χ2n) is 8.89. The molecular weight excluding hydrogens is 448 g/mol. The first-order chi connectivity index (χ1) is 16.8. The third-order valence-electron chi connectivity index (χ3n) is 5.96. The number of ether oxygens (including phenoxy) is 3. The van der Waals surface area contributed by atoms with Crippen molar-refractivity contribution in [3.8, 4) is 11.5 Å². The summed E-state index contributed by atoms with van der Waals surface area (Å²) in [6.07, 6.45) is 4.22. The summed E-state index contributed by atoms with van der Waals surface area (Å²) >= 11 is 0. The number of carbonyl (C=O) groups is 2. The van der Waals surface area contributed by atoms with Crippen LogP contribution in [0.5, 0.6) is 11.5 Å². The Kier molecular flexibility index (Phi) is 11.1. The molecule has 8 nitrogen and oxygen atoms in total. The van der Waals surface area contributed by atoms with E-state index in [0.717, 1.165) is 19.3 Å². The summed E-state index contributed by atoms with van der Waals surface area (Å²) in [5, 5.41) is 12.9. The van der Waals surface area contributed by atoms with E-state index >= 15 is 0 Å². The van der Waals surface area contributed by atoms with Crippen molar-refractivity contribution in [2.24, 2.45) is 5.92 Å². The smallest absolute Gasteiger partial charge is 0.274 e. The lowest BCUT2D eigenvalue weighted by atomic mass is 9.88. The normalized spacial score (nSPS) is 15.5. The van der Waals surface area contributed by atoms with E-state index < -0.39 is 17.2 Å². The molecule has 8 heteroatoms. The minimum Gasteiger partial charge on any atom is -0.503 e. The highest BCUT2D eigenvalue weighted by molar-refractivity contribution is 5.97. The number of nitrogens with one attached hydrogen (secondary N) is 1. The van der Waals surface area contributed by atoms with Crippen LogP contribution in [0.4, 0.5) is 0 Å². The van der Waals surface area contributed by atoms with Crippen LogP contribution in [0.15, 0.2) is 42.6 Å². The molecule has 1 heterocycles. The summed E-state index contributed by atoms with van der Waals surface area (Å²) in [5.41, 5.74) is -0.379. The summed E-state index contributed by atoms with van der Waals surface area (Å²) in [6, 6.07) is 11.6. The number of aldehydes is 1. The molecule has 1 amide bonds. The van der Waals surface area contributed by atoms with Crippen molar-refractivity contribution in [1.29, 1.82) is 0 Å². The van der Waals surface area contributed by atoms with E-state index in [4.69, 9.17) is 14.2 Å². The van der Waals surface area contributed by atoms with Crippen LogP contribution in [0.1, 0.15) is 56.6 Å². The maximum atomic E-state index is 12.8. The quantitative estimate of drug-likeness (QED) is 0.367. The topological polar surface area (TPSA) is 107 Å². The van der Waals surface area contributed by atoms with Crippen molar-refractivity contribution in [2.45, 2.75) is 64.7 Å². The number of hydrogen-bond acceptors (Lipinski definition) is 7. The summed E-state index contributed by atoms with van der Waals surface area (Å²) in [4.78, 5) is 28.7. The van der Waals surface area contributed by atoms with Gasteiger partial charge in [0.05, 0.1) is 25.9 Å². The van der Waals surface area contributed by atoms with Crippen molar-refractivity contribution in [3.63, 3.8) is 0 Å². The summed E-state index contributed by atoms with van der Waals surface area (Å²) in [5.74, 6) is -0.934. The minimum absolute atomic E-state index is 0.0137. The Bertz CT molecular complexity index is 939. The molecule has 0 saturated heterocycles. The van der Waals surface area contributed by atoms with Crippen molar-refractivity contribution >= 4 is 12.2 Å². The van der Waals surface area contributed by atoms with Gasteiger partial charge in [-0.1, -0.05) is 44.2 Å². The highest BCUT2D eigenvalue weighted by Crippen LogP contribution is 2.28. The lowest BCUT2D eigenvalue weighted by Crippen LogP contribution is -2.52. The Morgan fingerprint density at radius 1 is 1.20 bits per heavy atom. The van der Waals surface area contributed by atoms with Crippen LogP contribution in [0.3, 0.4) is 0 Å². The van der Waals surface area contributed by atoms with Crippen LogP contribution in [0.25, 0.3) is 0 Å². The van der Waals surface area contributed by atoms with Gasteiger partial charge >= 0.3 is 0 Å². The second kappa shape index (κ2) is 13.8. The number of aromatic nitrogens is 1. The fourth-order valence-corrected chi connectivity index (χ4v) is 3.91. The average Bonchev–Trinajstić information content (AvgIpc) is 2.87. The molecule has 0 unspecified atom stereocenters. The second-order valence-corrected chi connectivity index (χ2v) is 8.89. The predicted octanol–water partition coefficient (Wildman–Crippen LogP) is 3.95. The lowest BCUT2D eigenvalue weighted by Gasteiger charge is -2.34. The molecule has 0 aliphatic heterocycles. The predicted molar refractivity (Wildman–Crippen MR) is 134 cm³/mol. The van der Waals surface area contributed by atoms with Gasteiger partial charge in [-0.05, 0) is 38.7 Å². The maximum Gasteiger partial charge on any atom is 0.274 e. The zero-order chi connectivity index (χ0) is 25.8. The van der Waals surface area contributed by atoms with E-state index in [9.17, 15) is 14.7 Å². The monoisotopic (exact) mass is 486 g/mol. The Hall–Kier alpha value is -2.97. The SMILES string of the molecule is CCCO[C@@H](CC)[C@@H](Cc1ccccc1)[C@H](C)OC[C@](C)(C=O)NC(=O)c1nccc(OC)c1O. The number of rotatable bonds is 15. The standard InChI is InChI=1S/C27H38N2O6/c1-6-15-34-22(7-2)21(16-20-11-9-8-10-12-20)19(3)35-18-27(4,17-30)29-26(32)24-25(31)23(33-5)13-14-28-24/h8-14,17,19,21-22,31H,6-7,15-16,18H2,1-5H3,(H,29,32)/t19-,21-,22-,27-/m0/s1. The van der Waals surface area contributed by atoms with Crippen LogP contribution >= 0.6 is 0 Å². The van der Waals surface area contributed by atoms with Gasteiger partial charge in [0.1, 0.15) is 11.8 Å². The average molecular weight is 487 g/mol. The molecule has 0 aliphatic carbocycles. The number of carbonyl (C=O) groups excluding carboxylic acids is 2. The van der Waals surface area contributed by atoms with E-state index in [1.54, 1.807) is 6.92 Å². The number of nitrogens with zero attached hydrogens (tertiary/aromatic N) is 1. The summed E-state index contributed by atoms with van der Waals surface area (Å²) < 4.78 is 17.3. The van der Waals surface area contributed by atoms with E-state index in [1.165, 1.54) is 24.9 Å². The molecule has 0 fully saturated rings. The number of benzene rings is 1. The van der Waals surface area contributed by atoms with Gasteiger partial charge in [-0.25, -0.2) is 4.98 Å². The van der Waals surface area contributed by atoms with Gasteiger partial charge in [0, 0.05) is 24.8 Å². The molecule has 0 spiro atoms. The van der Waals surface area contributed by atoms with E-state index in [1.807, 2.05) is 25.1 Å². The van der Waals surface area contributed by atoms with E-state index in [-0.39, 0.29) is 36.2 Å². The zero-order valence-electron chi connectivity index (χ0n) is 21.3. The molecule has 1 aromatic heterocycles. The van der Waals surface area contributed by atoms with Crippen LogP contribution in [0.2, 0.25) is 0 Å². The third kappa shape index (κ3) is 8.04. The number of amides is 1. The third-order valence-corrected chi connectivity index (χ3v) is 5.96. The van der Waals surface area contributed by atoms with Gasteiger partial charge in [-0.15, -0.1) is 0 Å². The van der Waals surface area contributed by atoms with Gasteiger partial charge in [-0.3, -0.25) is 4.79 Å². The molecule has 0 aliphatic rings. The number of aromatic hydroxyl groups is 1. The number of methoxy groups -OCH3 is 1. The summed E-state index contributed by atoms with van der Waals surface area (Å²) in [6.45, 7) is 8.31. The van der Waals surface area contributed by atoms with Crippen LogP contribution in [-0.4, -0.2) is 60.4 Å². The Balaban J connectivity index is 2.14. The van der Waals surface area contributed by atoms with Gasteiger partial charge in [0.2, 0.25) is 0 Å². The fraction of sp³-hybridized carbons (Fsp3) is 0.519. The Labute approximate surface area is 208 Å². The largest absolute Gasteiger partial charge is 0.503 e. The van der Waals surface area contributed by atoms with Crippen molar-refractivity contribution in [1.82, 2.24) is 10.3 Å². The summed E-state index contributed by atoms with van der Waals surface area (Å²) in [7, 11) is 1.38. The molecule has 1 aromatic carbocycles. The first-order valence-corrected chi connectivity index (χ1v) is 12.1. The maximum absolute atomic E-state index is 12.8. The molecule has 35 heavy (non-hydrogen) atoms. The Morgan fingerprint density at radius 3 is 2.51 bits per heavy atom. The minimum atomic E-state index is -1.33. The van der Waals surface area contributed by atoms with Crippen molar-refractivity contribution in [3.05, 3.63) is 53.9 Å². The number of pyridine rings is 1. The lowest BCUT2D eigenvalue weighted by molar-refractivity contribution is -0.118. The number of hydrogen-bond donors (Lipinski definition) is 2. The van der Waals surface area contributed by atoms with Crippen LogP contribution < -0.4 is 10.1 Å². The molecule has 2 N–H and O–H groups in total. The van der Waals surface area contributed by atoms with E-state index in [0.29, 0.717) is 12.9 Å². The molecule has 0 saturated carbocycles. The molecule has 2 aromatic rings. The molecule has 2 rings (SSSR count). The molecule has 0 bridgehead atoms. The highest BCUT2D eigenvalue weighted by Gasteiger charge is 2.33. The zero-order valence-corrected chi connectivity index (χ0v) is 21.3. The van der Waals surface area contributed by atoms with Gasteiger partial charge in [0.25, 0.3) is 5.91 Å². The first kappa shape index (κ1) is 28.3. The first-order valence-electron chi connectivity index (χ1n) is 12.1. The molecule has 192 valence electrons. The van der Waals surface area contributed by atoms with Crippen molar-refractivity contribution < 1.29 is 28.9 Å². The Morgan fingerprint density at radius 2 is 1.91 bits per heavy atom. The van der Waals surface area contributed by atoms with Gasteiger partial charge in [-0.2, -0.15) is 0 Å². The fourth-order valence-electron chi connectivity index (χ4n) is 3.91. The van der Waals surface area contributed by atoms with E-state index in [2.05, 4.69) is 36.3 Å². The van der Waals surface area contributed by atoms with Gasteiger partial charge < -0.3 is 29.4 Å². The van der Waals surface area contributed by atoms with Crippen molar-refractivity contribution in [2.75, 3.05) is 20.3 Å². The van der Waals surface area contributed by atoms with Gasteiger partial charge in [0.15, 0.2) is 17.2 Å². The molecule has 0 radical (unpaired) electrons. The molecular formula is C27H38N2O6. The van der Waals surface area contributed by atoms with Crippen LogP contribution in [-0.2, 0) is 20.7 Å². The molecule has 4 atom stereocenters.